The molecule has 0 bridgehead atoms. The molecular formula is C15H16BrNO2. The highest BCUT2D eigenvalue weighted by atomic mass is 79.9. The molecule has 0 heterocycles. The first-order chi connectivity index (χ1) is 9.10. The molecule has 0 aliphatic heterocycles. The number of hydrogen-bond acceptors (Lipinski definition) is 3. The van der Waals surface area contributed by atoms with Crippen LogP contribution in [0.1, 0.15) is 18.5 Å². The van der Waals surface area contributed by atoms with Gasteiger partial charge in [-0.1, -0.05) is 28.1 Å². The fraction of sp³-hybridized carbons (Fsp3) is 0.200. The number of methoxy groups -OCH3 is 1. The van der Waals surface area contributed by atoms with E-state index < -0.39 is 0 Å². The normalized spacial score (nSPS) is 12.0. The summed E-state index contributed by atoms with van der Waals surface area (Å²) in [5, 5.41) is 0. The molecule has 0 aliphatic carbocycles. The van der Waals surface area contributed by atoms with Crippen LogP contribution < -0.4 is 15.2 Å². The molecule has 4 heteroatoms. The van der Waals surface area contributed by atoms with Crippen LogP contribution in [0.25, 0.3) is 0 Å². The number of nitrogens with two attached hydrogens (primary N) is 1. The lowest BCUT2D eigenvalue weighted by Gasteiger charge is -2.11. The molecule has 0 spiro atoms. The van der Waals surface area contributed by atoms with E-state index >= 15 is 0 Å². The molecular weight excluding hydrogens is 306 g/mol. The van der Waals surface area contributed by atoms with Crippen LogP contribution in [-0.2, 0) is 0 Å². The van der Waals surface area contributed by atoms with Gasteiger partial charge in [-0.2, -0.15) is 0 Å². The zero-order chi connectivity index (χ0) is 13.8. The van der Waals surface area contributed by atoms with Crippen LogP contribution in [0.3, 0.4) is 0 Å². The SMILES string of the molecule is COc1cccc(Oc2ccc(C(C)N)c(Br)c2)c1. The van der Waals surface area contributed by atoms with Crippen molar-refractivity contribution in [2.75, 3.05) is 7.11 Å². The van der Waals surface area contributed by atoms with E-state index in [0.717, 1.165) is 27.3 Å². The van der Waals surface area contributed by atoms with E-state index in [4.69, 9.17) is 15.2 Å². The molecule has 2 rings (SSSR count). The molecule has 0 saturated carbocycles. The van der Waals surface area contributed by atoms with Gasteiger partial charge in [0.25, 0.3) is 0 Å². The Kier molecular flexibility index (Phi) is 4.45. The van der Waals surface area contributed by atoms with Crippen molar-refractivity contribution in [2.24, 2.45) is 5.73 Å². The van der Waals surface area contributed by atoms with Crippen molar-refractivity contribution in [3.63, 3.8) is 0 Å². The van der Waals surface area contributed by atoms with Crippen molar-refractivity contribution in [1.29, 1.82) is 0 Å². The summed E-state index contributed by atoms with van der Waals surface area (Å²) in [5.74, 6) is 2.26. The topological polar surface area (TPSA) is 44.5 Å². The Morgan fingerprint density at radius 2 is 1.74 bits per heavy atom. The Morgan fingerprint density at radius 3 is 2.37 bits per heavy atom. The lowest BCUT2D eigenvalue weighted by molar-refractivity contribution is 0.409. The second-order valence-electron chi connectivity index (χ2n) is 4.25. The van der Waals surface area contributed by atoms with Crippen molar-refractivity contribution in [2.45, 2.75) is 13.0 Å². The molecule has 0 aliphatic rings. The summed E-state index contributed by atoms with van der Waals surface area (Å²) in [6, 6.07) is 13.3. The first-order valence-electron chi connectivity index (χ1n) is 5.97. The van der Waals surface area contributed by atoms with E-state index in [-0.39, 0.29) is 6.04 Å². The van der Waals surface area contributed by atoms with Crippen LogP contribution in [0, 0.1) is 0 Å². The first kappa shape index (κ1) is 13.9. The van der Waals surface area contributed by atoms with Gasteiger partial charge in [-0.15, -0.1) is 0 Å². The Hall–Kier alpha value is -1.52. The summed E-state index contributed by atoms with van der Waals surface area (Å²) in [6.07, 6.45) is 0. The average molecular weight is 322 g/mol. The third-order valence-corrected chi connectivity index (χ3v) is 3.43. The molecule has 100 valence electrons. The third kappa shape index (κ3) is 3.49. The molecule has 1 atom stereocenters. The van der Waals surface area contributed by atoms with Gasteiger partial charge in [0.1, 0.15) is 17.2 Å². The maximum Gasteiger partial charge on any atom is 0.131 e. The second-order valence-corrected chi connectivity index (χ2v) is 5.11. The molecule has 2 aromatic rings. The second kappa shape index (κ2) is 6.08. The van der Waals surface area contributed by atoms with Gasteiger partial charge < -0.3 is 15.2 Å². The predicted molar refractivity (Wildman–Crippen MR) is 79.8 cm³/mol. The van der Waals surface area contributed by atoms with Crippen molar-refractivity contribution in [3.8, 4) is 17.2 Å². The lowest BCUT2D eigenvalue weighted by Crippen LogP contribution is -2.05. The monoisotopic (exact) mass is 321 g/mol. The van der Waals surface area contributed by atoms with E-state index in [1.165, 1.54) is 0 Å². The molecule has 1 unspecified atom stereocenters. The number of halogens is 1. The minimum absolute atomic E-state index is 0.0137. The van der Waals surface area contributed by atoms with Crippen molar-refractivity contribution in [3.05, 3.63) is 52.5 Å². The standard InChI is InChI=1S/C15H16BrNO2/c1-10(17)14-7-6-13(9-15(14)16)19-12-5-3-4-11(8-12)18-2/h3-10H,17H2,1-2H3. The molecule has 0 fully saturated rings. The van der Waals surface area contributed by atoms with Crippen molar-refractivity contribution in [1.82, 2.24) is 0 Å². The molecule has 3 nitrogen and oxygen atoms in total. The van der Waals surface area contributed by atoms with Gasteiger partial charge in [0, 0.05) is 16.6 Å². The number of hydrogen-bond donors (Lipinski definition) is 1. The highest BCUT2D eigenvalue weighted by molar-refractivity contribution is 9.10. The van der Waals surface area contributed by atoms with Gasteiger partial charge >= 0.3 is 0 Å². The lowest BCUT2D eigenvalue weighted by atomic mass is 10.1. The fourth-order valence-corrected chi connectivity index (χ4v) is 2.46. The summed E-state index contributed by atoms with van der Waals surface area (Å²) < 4.78 is 11.9. The van der Waals surface area contributed by atoms with Gasteiger partial charge in [-0.25, -0.2) is 0 Å². The third-order valence-electron chi connectivity index (χ3n) is 2.74. The molecule has 2 aromatic carbocycles. The summed E-state index contributed by atoms with van der Waals surface area (Å²) >= 11 is 3.50. The quantitative estimate of drug-likeness (QED) is 0.914. The highest BCUT2D eigenvalue weighted by Gasteiger charge is 2.07. The zero-order valence-electron chi connectivity index (χ0n) is 10.9. The molecule has 0 saturated heterocycles. The van der Waals surface area contributed by atoms with Gasteiger partial charge in [0.05, 0.1) is 7.11 Å². The molecule has 0 amide bonds. The van der Waals surface area contributed by atoms with E-state index in [1.807, 2.05) is 49.4 Å². The van der Waals surface area contributed by atoms with Crippen LogP contribution in [0.5, 0.6) is 17.2 Å². The van der Waals surface area contributed by atoms with Gasteiger partial charge in [0.2, 0.25) is 0 Å². The maximum atomic E-state index is 5.87. The summed E-state index contributed by atoms with van der Waals surface area (Å²) in [6.45, 7) is 1.95. The Morgan fingerprint density at radius 1 is 1.05 bits per heavy atom. The van der Waals surface area contributed by atoms with Crippen LogP contribution in [0.4, 0.5) is 0 Å². The predicted octanol–water partition coefficient (Wildman–Crippen LogP) is 4.27. The van der Waals surface area contributed by atoms with Crippen molar-refractivity contribution < 1.29 is 9.47 Å². The van der Waals surface area contributed by atoms with E-state index in [9.17, 15) is 0 Å². The van der Waals surface area contributed by atoms with Crippen LogP contribution in [0.15, 0.2) is 46.9 Å². The smallest absolute Gasteiger partial charge is 0.131 e. The number of benzene rings is 2. The molecule has 0 radical (unpaired) electrons. The van der Waals surface area contributed by atoms with Gasteiger partial charge in [0.15, 0.2) is 0 Å². The minimum atomic E-state index is -0.0137. The Labute approximate surface area is 121 Å². The first-order valence-corrected chi connectivity index (χ1v) is 6.76. The van der Waals surface area contributed by atoms with Crippen LogP contribution in [0.2, 0.25) is 0 Å². The van der Waals surface area contributed by atoms with E-state index in [2.05, 4.69) is 15.9 Å². The average Bonchev–Trinajstić information content (AvgIpc) is 2.38. The largest absolute Gasteiger partial charge is 0.497 e. The van der Waals surface area contributed by atoms with E-state index in [1.54, 1.807) is 7.11 Å². The highest BCUT2D eigenvalue weighted by Crippen LogP contribution is 2.30. The van der Waals surface area contributed by atoms with Gasteiger partial charge in [-0.05, 0) is 36.8 Å². The zero-order valence-corrected chi connectivity index (χ0v) is 12.5. The fourth-order valence-electron chi connectivity index (χ4n) is 1.74. The summed E-state index contributed by atoms with van der Waals surface area (Å²) in [7, 11) is 1.63. The minimum Gasteiger partial charge on any atom is -0.497 e. The Balaban J connectivity index is 2.21. The maximum absolute atomic E-state index is 5.87. The van der Waals surface area contributed by atoms with E-state index in [0.29, 0.717) is 0 Å². The summed E-state index contributed by atoms with van der Waals surface area (Å²) in [5.41, 5.74) is 6.92. The van der Waals surface area contributed by atoms with Gasteiger partial charge in [-0.3, -0.25) is 0 Å². The number of rotatable bonds is 4. The Bertz CT molecular complexity index is 570. The molecule has 19 heavy (non-hydrogen) atoms. The van der Waals surface area contributed by atoms with Crippen molar-refractivity contribution >= 4 is 15.9 Å². The summed E-state index contributed by atoms with van der Waals surface area (Å²) in [4.78, 5) is 0. The molecule has 2 N–H and O–H groups in total. The number of ether oxygens (including phenoxy) is 2. The molecule has 0 aromatic heterocycles. The van der Waals surface area contributed by atoms with Crippen LogP contribution in [-0.4, -0.2) is 7.11 Å². The van der Waals surface area contributed by atoms with Crippen LogP contribution >= 0.6 is 15.9 Å².